The number of likely N-dealkylation sites (tertiary alicyclic amines) is 1. The second-order valence-electron chi connectivity index (χ2n) is 7.34. The summed E-state index contributed by atoms with van der Waals surface area (Å²) in [7, 11) is 0. The van der Waals surface area contributed by atoms with Crippen LogP contribution in [0.1, 0.15) is 25.3 Å². The molecule has 1 aromatic heterocycles. The zero-order valence-corrected chi connectivity index (χ0v) is 15.3. The molecule has 6 heteroatoms. The van der Waals surface area contributed by atoms with Crippen LogP contribution in [0.4, 0.5) is 5.69 Å². The Morgan fingerprint density at radius 3 is 2.85 bits per heavy atom. The van der Waals surface area contributed by atoms with E-state index in [1.54, 1.807) is 6.92 Å². The molecule has 3 heterocycles. The third kappa shape index (κ3) is 3.21. The molecule has 0 spiro atoms. The lowest BCUT2D eigenvalue weighted by molar-refractivity contribution is -0.119. The van der Waals surface area contributed by atoms with Gasteiger partial charge in [0.2, 0.25) is 5.91 Å². The van der Waals surface area contributed by atoms with Crippen LogP contribution in [0.3, 0.4) is 0 Å². The number of amides is 1. The molecule has 6 nitrogen and oxygen atoms in total. The van der Waals surface area contributed by atoms with Gasteiger partial charge in [0, 0.05) is 68.3 Å². The minimum Gasteiger partial charge on any atom is -0.368 e. The quantitative estimate of drug-likeness (QED) is 0.873. The zero-order valence-electron chi connectivity index (χ0n) is 15.3. The van der Waals surface area contributed by atoms with Crippen molar-refractivity contribution in [3.05, 3.63) is 40.3 Å². The normalized spacial score (nSPS) is 18.3. The summed E-state index contributed by atoms with van der Waals surface area (Å²) < 4.78 is 0. The third-order valence-electron chi connectivity index (χ3n) is 5.72. The standard InChI is InChI=1S/C20H26N4O2/c1-14(25)21-8-12-23-9-6-16(7-10-23)24-11-5-15-13-22-20(26)17-3-2-4-18(24)19(15)17/h2-4,13,16H,5-12H2,1H3,(H,21,25)(H,22,26). The van der Waals surface area contributed by atoms with Gasteiger partial charge < -0.3 is 20.1 Å². The molecule has 2 aliphatic heterocycles. The summed E-state index contributed by atoms with van der Waals surface area (Å²) in [6.07, 6.45) is 5.10. The molecule has 0 aliphatic carbocycles. The number of benzene rings is 1. The Morgan fingerprint density at radius 1 is 1.27 bits per heavy atom. The fraction of sp³-hybridized carbons (Fsp3) is 0.500. The first kappa shape index (κ1) is 17.1. The Hall–Kier alpha value is -2.34. The topological polar surface area (TPSA) is 68.4 Å². The maximum Gasteiger partial charge on any atom is 0.255 e. The van der Waals surface area contributed by atoms with E-state index >= 15 is 0 Å². The Kier molecular flexibility index (Phi) is 4.68. The van der Waals surface area contributed by atoms with E-state index in [-0.39, 0.29) is 11.5 Å². The van der Waals surface area contributed by atoms with E-state index in [9.17, 15) is 9.59 Å². The number of aromatic nitrogens is 1. The highest BCUT2D eigenvalue weighted by Crippen LogP contribution is 2.35. The van der Waals surface area contributed by atoms with Crippen molar-refractivity contribution in [1.82, 2.24) is 15.2 Å². The van der Waals surface area contributed by atoms with Crippen LogP contribution < -0.4 is 15.8 Å². The first-order chi connectivity index (χ1) is 12.6. The molecule has 4 rings (SSSR count). The maximum atomic E-state index is 12.2. The average Bonchev–Trinajstić information content (AvgIpc) is 2.65. The fourth-order valence-corrected chi connectivity index (χ4v) is 4.39. The molecule has 0 bridgehead atoms. The molecule has 1 saturated heterocycles. The van der Waals surface area contributed by atoms with Gasteiger partial charge >= 0.3 is 0 Å². The molecule has 1 fully saturated rings. The van der Waals surface area contributed by atoms with Gasteiger partial charge in [0.1, 0.15) is 0 Å². The second-order valence-corrected chi connectivity index (χ2v) is 7.34. The summed E-state index contributed by atoms with van der Waals surface area (Å²) in [5, 5.41) is 4.81. The lowest BCUT2D eigenvalue weighted by atomic mass is 9.94. The predicted molar refractivity (Wildman–Crippen MR) is 104 cm³/mol. The van der Waals surface area contributed by atoms with Crippen LogP contribution in [0, 0.1) is 0 Å². The molecule has 26 heavy (non-hydrogen) atoms. The number of pyridine rings is 1. The van der Waals surface area contributed by atoms with Crippen molar-refractivity contribution < 1.29 is 4.79 Å². The molecule has 0 radical (unpaired) electrons. The third-order valence-corrected chi connectivity index (χ3v) is 5.72. The summed E-state index contributed by atoms with van der Waals surface area (Å²) >= 11 is 0. The van der Waals surface area contributed by atoms with E-state index in [1.807, 2.05) is 18.3 Å². The van der Waals surface area contributed by atoms with E-state index in [2.05, 4.69) is 26.2 Å². The fourth-order valence-electron chi connectivity index (χ4n) is 4.39. The maximum absolute atomic E-state index is 12.2. The molecule has 1 aromatic carbocycles. The Labute approximate surface area is 153 Å². The summed E-state index contributed by atoms with van der Waals surface area (Å²) in [6, 6.07) is 6.60. The number of piperidine rings is 1. The minimum absolute atomic E-state index is 0.000223. The lowest BCUT2D eigenvalue weighted by Gasteiger charge is -2.42. The number of aromatic amines is 1. The molecule has 0 unspecified atom stereocenters. The Balaban J connectivity index is 1.48. The number of rotatable bonds is 4. The van der Waals surface area contributed by atoms with Crippen LogP contribution in [-0.2, 0) is 11.2 Å². The van der Waals surface area contributed by atoms with Crippen LogP contribution in [0.2, 0.25) is 0 Å². The molecule has 138 valence electrons. The number of H-pyrrole nitrogens is 1. The highest BCUT2D eigenvalue weighted by atomic mass is 16.1. The van der Waals surface area contributed by atoms with Gasteiger partial charge in [0.05, 0.1) is 0 Å². The molecule has 2 aromatic rings. The lowest BCUT2D eigenvalue weighted by Crippen LogP contribution is -2.48. The molecule has 2 aliphatic rings. The van der Waals surface area contributed by atoms with Gasteiger partial charge in [0.25, 0.3) is 5.56 Å². The summed E-state index contributed by atoms with van der Waals surface area (Å²) in [5.41, 5.74) is 2.46. The number of carbonyl (C=O) groups excluding carboxylic acids is 1. The molecular formula is C20H26N4O2. The largest absolute Gasteiger partial charge is 0.368 e. The van der Waals surface area contributed by atoms with Crippen molar-refractivity contribution in [3.63, 3.8) is 0 Å². The number of carbonyl (C=O) groups is 1. The molecule has 2 N–H and O–H groups in total. The van der Waals surface area contributed by atoms with Gasteiger partial charge in [-0.3, -0.25) is 9.59 Å². The number of hydrogen-bond acceptors (Lipinski definition) is 4. The highest BCUT2D eigenvalue weighted by molar-refractivity contribution is 5.97. The van der Waals surface area contributed by atoms with Gasteiger partial charge in [-0.2, -0.15) is 0 Å². The first-order valence-electron chi connectivity index (χ1n) is 9.50. The molecule has 1 amide bonds. The van der Waals surface area contributed by atoms with Crippen molar-refractivity contribution in [2.75, 3.05) is 37.6 Å². The van der Waals surface area contributed by atoms with Crippen LogP contribution in [0.15, 0.2) is 29.2 Å². The van der Waals surface area contributed by atoms with Gasteiger partial charge in [-0.15, -0.1) is 0 Å². The van der Waals surface area contributed by atoms with E-state index in [1.165, 1.54) is 11.3 Å². The highest BCUT2D eigenvalue weighted by Gasteiger charge is 2.28. The summed E-state index contributed by atoms with van der Waals surface area (Å²) in [4.78, 5) is 31.0. The monoisotopic (exact) mass is 354 g/mol. The first-order valence-corrected chi connectivity index (χ1v) is 9.50. The number of nitrogens with zero attached hydrogens (tertiary/aromatic N) is 2. The summed E-state index contributed by atoms with van der Waals surface area (Å²) in [6.45, 7) is 6.32. The SMILES string of the molecule is CC(=O)NCCN1CCC(N2CCc3c[nH]c(=O)c4cccc2c34)CC1. The molecular weight excluding hydrogens is 328 g/mol. The average molecular weight is 354 g/mol. The van der Waals surface area contributed by atoms with Gasteiger partial charge in [0.15, 0.2) is 0 Å². The van der Waals surface area contributed by atoms with Crippen molar-refractivity contribution in [2.24, 2.45) is 0 Å². The minimum atomic E-state index is 0.000223. The zero-order chi connectivity index (χ0) is 18.1. The summed E-state index contributed by atoms with van der Waals surface area (Å²) in [5.74, 6) is 0.0370. The van der Waals surface area contributed by atoms with E-state index in [4.69, 9.17) is 0 Å². The second kappa shape index (κ2) is 7.11. The molecule has 0 atom stereocenters. The van der Waals surface area contributed by atoms with Gasteiger partial charge in [-0.25, -0.2) is 0 Å². The molecule has 0 saturated carbocycles. The number of nitrogens with one attached hydrogen (secondary N) is 2. The van der Waals surface area contributed by atoms with Gasteiger partial charge in [-0.1, -0.05) is 6.07 Å². The van der Waals surface area contributed by atoms with Crippen LogP contribution in [-0.4, -0.2) is 54.6 Å². The van der Waals surface area contributed by atoms with Crippen molar-refractivity contribution in [3.8, 4) is 0 Å². The van der Waals surface area contributed by atoms with Crippen LogP contribution in [0.5, 0.6) is 0 Å². The van der Waals surface area contributed by atoms with E-state index < -0.39 is 0 Å². The van der Waals surface area contributed by atoms with Crippen LogP contribution >= 0.6 is 0 Å². The number of anilines is 1. The van der Waals surface area contributed by atoms with Crippen molar-refractivity contribution in [1.29, 1.82) is 0 Å². The van der Waals surface area contributed by atoms with Crippen molar-refractivity contribution >= 4 is 22.4 Å². The van der Waals surface area contributed by atoms with Gasteiger partial charge in [-0.05, 0) is 37.0 Å². The Bertz CT molecular complexity index is 868. The number of hydrogen-bond donors (Lipinski definition) is 2. The van der Waals surface area contributed by atoms with E-state index in [0.717, 1.165) is 62.8 Å². The van der Waals surface area contributed by atoms with Crippen molar-refractivity contribution in [2.45, 2.75) is 32.2 Å². The van der Waals surface area contributed by atoms with E-state index in [0.29, 0.717) is 6.04 Å². The predicted octanol–water partition coefficient (Wildman–Crippen LogP) is 1.49. The Morgan fingerprint density at radius 2 is 2.08 bits per heavy atom. The van der Waals surface area contributed by atoms with Crippen LogP contribution in [0.25, 0.3) is 10.8 Å². The smallest absolute Gasteiger partial charge is 0.255 e.